The number of hydrogen-bond donors (Lipinski definition) is 2. The molecule has 0 saturated carbocycles. The molecule has 0 spiro atoms. The molecular formula is C10H22N2O2. The highest BCUT2D eigenvalue weighted by Crippen LogP contribution is 1.92. The van der Waals surface area contributed by atoms with Crippen molar-refractivity contribution < 1.29 is 9.53 Å². The van der Waals surface area contributed by atoms with Gasteiger partial charge in [-0.15, -0.1) is 0 Å². The highest BCUT2D eigenvalue weighted by Gasteiger charge is 2.04. The van der Waals surface area contributed by atoms with Gasteiger partial charge in [-0.05, 0) is 26.3 Å². The summed E-state index contributed by atoms with van der Waals surface area (Å²) in [5.74, 6) is 0.371. The first-order chi connectivity index (χ1) is 6.56. The molecule has 0 aromatic carbocycles. The Morgan fingerprint density at radius 2 is 2.07 bits per heavy atom. The molecule has 4 nitrogen and oxygen atoms in total. The van der Waals surface area contributed by atoms with Crippen LogP contribution >= 0.6 is 0 Å². The molecule has 84 valence electrons. The molecule has 1 amide bonds. The van der Waals surface area contributed by atoms with Crippen molar-refractivity contribution in [3.05, 3.63) is 0 Å². The largest absolute Gasteiger partial charge is 0.378 e. The Hall–Kier alpha value is -0.610. The normalized spacial score (nSPS) is 12.9. The minimum atomic E-state index is 0.0333. The van der Waals surface area contributed by atoms with Gasteiger partial charge in [0.15, 0.2) is 0 Å². The van der Waals surface area contributed by atoms with E-state index in [4.69, 9.17) is 10.5 Å². The molecule has 0 aromatic heterocycles. The zero-order valence-corrected chi connectivity index (χ0v) is 9.38. The summed E-state index contributed by atoms with van der Waals surface area (Å²) in [6.07, 6.45) is 0.612. The Bertz CT molecular complexity index is 160. The third-order valence-electron chi connectivity index (χ3n) is 1.83. The van der Waals surface area contributed by atoms with Gasteiger partial charge < -0.3 is 15.8 Å². The maximum absolute atomic E-state index is 11.2. The van der Waals surface area contributed by atoms with Crippen LogP contribution in [0.25, 0.3) is 0 Å². The lowest BCUT2D eigenvalue weighted by Crippen LogP contribution is -2.31. The molecule has 0 rings (SSSR count). The van der Waals surface area contributed by atoms with E-state index in [9.17, 15) is 4.79 Å². The van der Waals surface area contributed by atoms with Crippen molar-refractivity contribution in [3.8, 4) is 0 Å². The molecule has 0 bridgehead atoms. The third-order valence-corrected chi connectivity index (χ3v) is 1.83. The van der Waals surface area contributed by atoms with Crippen LogP contribution in [0.5, 0.6) is 0 Å². The summed E-state index contributed by atoms with van der Waals surface area (Å²) in [5, 5.41) is 2.81. The topological polar surface area (TPSA) is 64.3 Å². The van der Waals surface area contributed by atoms with Gasteiger partial charge in [-0.1, -0.05) is 6.92 Å². The number of nitrogens with two attached hydrogens (primary N) is 1. The van der Waals surface area contributed by atoms with Crippen LogP contribution in [-0.4, -0.2) is 31.7 Å². The minimum Gasteiger partial charge on any atom is -0.378 e. The second kappa shape index (κ2) is 7.76. The van der Waals surface area contributed by atoms with E-state index in [-0.39, 0.29) is 12.0 Å². The zero-order valence-electron chi connectivity index (χ0n) is 9.38. The molecule has 0 radical (unpaired) electrons. The number of nitrogens with one attached hydrogen (secondary N) is 1. The Morgan fingerprint density at radius 3 is 2.57 bits per heavy atom. The highest BCUT2D eigenvalue weighted by molar-refractivity contribution is 5.75. The summed E-state index contributed by atoms with van der Waals surface area (Å²) in [5.41, 5.74) is 5.42. The molecular weight excluding hydrogens is 180 g/mol. The summed E-state index contributed by atoms with van der Waals surface area (Å²) < 4.78 is 5.26. The lowest BCUT2D eigenvalue weighted by atomic mass is 10.2. The highest BCUT2D eigenvalue weighted by atomic mass is 16.5. The van der Waals surface area contributed by atoms with Crippen molar-refractivity contribution >= 4 is 5.91 Å². The molecule has 3 N–H and O–H groups in total. The van der Waals surface area contributed by atoms with Crippen molar-refractivity contribution in [1.29, 1.82) is 0 Å². The number of ether oxygens (including phenoxy) is 1. The molecule has 0 aliphatic carbocycles. The summed E-state index contributed by atoms with van der Waals surface area (Å²) in [6.45, 7) is 7.65. The fraction of sp³-hybridized carbons (Fsp3) is 0.900. The van der Waals surface area contributed by atoms with E-state index in [0.717, 1.165) is 0 Å². The third kappa shape index (κ3) is 8.01. The van der Waals surface area contributed by atoms with Crippen LogP contribution in [0, 0.1) is 5.92 Å². The van der Waals surface area contributed by atoms with Gasteiger partial charge in [-0.25, -0.2) is 0 Å². The number of hydrogen-bond acceptors (Lipinski definition) is 3. The Labute approximate surface area is 86.2 Å². The molecule has 0 heterocycles. The minimum absolute atomic E-state index is 0.0333. The van der Waals surface area contributed by atoms with Gasteiger partial charge in [-0.2, -0.15) is 0 Å². The van der Waals surface area contributed by atoms with Crippen LogP contribution in [0.1, 0.15) is 27.2 Å². The Balaban J connectivity index is 3.37. The van der Waals surface area contributed by atoms with Crippen molar-refractivity contribution in [3.63, 3.8) is 0 Å². The van der Waals surface area contributed by atoms with E-state index in [1.807, 2.05) is 20.8 Å². The van der Waals surface area contributed by atoms with Crippen molar-refractivity contribution in [2.75, 3.05) is 19.7 Å². The molecule has 0 aliphatic heterocycles. The molecule has 14 heavy (non-hydrogen) atoms. The molecule has 0 aliphatic rings. The van der Waals surface area contributed by atoms with Gasteiger partial charge in [0.05, 0.1) is 12.7 Å². The molecule has 4 heteroatoms. The summed E-state index contributed by atoms with van der Waals surface area (Å²) in [7, 11) is 0. The van der Waals surface area contributed by atoms with Gasteiger partial charge in [0, 0.05) is 13.0 Å². The van der Waals surface area contributed by atoms with Crippen LogP contribution < -0.4 is 11.1 Å². The van der Waals surface area contributed by atoms with E-state index in [0.29, 0.717) is 32.0 Å². The van der Waals surface area contributed by atoms with Crippen molar-refractivity contribution in [1.82, 2.24) is 5.32 Å². The summed E-state index contributed by atoms with van der Waals surface area (Å²) in [6, 6.07) is 0. The van der Waals surface area contributed by atoms with Gasteiger partial charge >= 0.3 is 0 Å². The second-order valence-corrected chi connectivity index (χ2v) is 3.81. The van der Waals surface area contributed by atoms with E-state index in [2.05, 4.69) is 5.32 Å². The number of carbonyl (C=O) groups excluding carboxylic acids is 1. The molecule has 0 fully saturated rings. The number of amides is 1. The van der Waals surface area contributed by atoms with Crippen LogP contribution in [0.4, 0.5) is 0 Å². The number of carbonyl (C=O) groups is 1. The number of rotatable bonds is 7. The van der Waals surface area contributed by atoms with Gasteiger partial charge in [0.25, 0.3) is 0 Å². The van der Waals surface area contributed by atoms with Crippen LogP contribution in [0.2, 0.25) is 0 Å². The SMILES string of the molecule is CC(CN)CNC(=O)CCOC(C)C. The molecule has 1 atom stereocenters. The second-order valence-electron chi connectivity index (χ2n) is 3.81. The predicted octanol–water partition coefficient (Wildman–Crippen LogP) is 0.513. The summed E-state index contributed by atoms with van der Waals surface area (Å²) >= 11 is 0. The lowest BCUT2D eigenvalue weighted by Gasteiger charge is -2.11. The van der Waals surface area contributed by atoms with Gasteiger partial charge in [0.2, 0.25) is 5.91 Å². The maximum Gasteiger partial charge on any atom is 0.222 e. The van der Waals surface area contributed by atoms with Crippen molar-refractivity contribution in [2.45, 2.75) is 33.3 Å². The van der Waals surface area contributed by atoms with Gasteiger partial charge in [0.1, 0.15) is 0 Å². The lowest BCUT2D eigenvalue weighted by molar-refractivity contribution is -0.122. The van der Waals surface area contributed by atoms with E-state index >= 15 is 0 Å². The fourth-order valence-corrected chi connectivity index (χ4v) is 0.847. The monoisotopic (exact) mass is 202 g/mol. The Kier molecular flexibility index (Phi) is 7.42. The standard InChI is InChI=1S/C10H22N2O2/c1-8(2)14-5-4-10(13)12-7-9(3)6-11/h8-9H,4-7,11H2,1-3H3,(H,12,13). The van der Waals surface area contributed by atoms with Crippen molar-refractivity contribution in [2.24, 2.45) is 11.7 Å². The van der Waals surface area contributed by atoms with Crippen LogP contribution in [-0.2, 0) is 9.53 Å². The molecule has 0 saturated heterocycles. The van der Waals surface area contributed by atoms with E-state index in [1.165, 1.54) is 0 Å². The average molecular weight is 202 g/mol. The molecule has 1 unspecified atom stereocenters. The van der Waals surface area contributed by atoms with Crippen LogP contribution in [0.3, 0.4) is 0 Å². The van der Waals surface area contributed by atoms with Crippen LogP contribution in [0.15, 0.2) is 0 Å². The average Bonchev–Trinajstić information content (AvgIpc) is 2.13. The first-order valence-corrected chi connectivity index (χ1v) is 5.14. The summed E-state index contributed by atoms with van der Waals surface area (Å²) in [4.78, 5) is 11.2. The smallest absolute Gasteiger partial charge is 0.222 e. The predicted molar refractivity (Wildman–Crippen MR) is 56.9 cm³/mol. The maximum atomic E-state index is 11.2. The fourth-order valence-electron chi connectivity index (χ4n) is 0.847. The zero-order chi connectivity index (χ0) is 11.0. The van der Waals surface area contributed by atoms with E-state index in [1.54, 1.807) is 0 Å². The quantitative estimate of drug-likeness (QED) is 0.632. The van der Waals surface area contributed by atoms with E-state index < -0.39 is 0 Å². The molecule has 0 aromatic rings. The van der Waals surface area contributed by atoms with Gasteiger partial charge in [-0.3, -0.25) is 4.79 Å². The Morgan fingerprint density at radius 1 is 1.43 bits per heavy atom. The first-order valence-electron chi connectivity index (χ1n) is 5.14. The first kappa shape index (κ1) is 13.4.